The Balaban J connectivity index is 1.72. The van der Waals surface area contributed by atoms with Gasteiger partial charge in [0.15, 0.2) is 5.79 Å². The first kappa shape index (κ1) is 21.2. The quantitative estimate of drug-likeness (QED) is 0.663. The molecular formula is C23H28N2O4S. The van der Waals surface area contributed by atoms with E-state index in [4.69, 9.17) is 9.47 Å². The first-order chi connectivity index (χ1) is 14.3. The Bertz CT molecular complexity index is 979. The van der Waals surface area contributed by atoms with Crippen LogP contribution in [0.4, 0.5) is 0 Å². The summed E-state index contributed by atoms with van der Waals surface area (Å²) in [5, 5.41) is 0. The van der Waals surface area contributed by atoms with Crippen molar-refractivity contribution in [2.24, 2.45) is 0 Å². The molecule has 7 heteroatoms. The summed E-state index contributed by atoms with van der Waals surface area (Å²) in [6, 6.07) is 18.4. The minimum atomic E-state index is -3.75. The SMILES string of the molecule is C=C[C@@H]1[C@@H]([C@H]2COC(C)(C)O2)N(Cc2ccccc2)S(=O)(=O)N1Cc1ccccc1. The number of hydrogen-bond acceptors (Lipinski definition) is 4. The zero-order valence-corrected chi connectivity index (χ0v) is 18.2. The molecule has 0 amide bonds. The van der Waals surface area contributed by atoms with Crippen molar-refractivity contribution < 1.29 is 17.9 Å². The lowest BCUT2D eigenvalue weighted by atomic mass is 10.0. The average molecular weight is 429 g/mol. The van der Waals surface area contributed by atoms with Crippen LogP contribution < -0.4 is 0 Å². The maximum atomic E-state index is 13.7. The molecule has 2 fully saturated rings. The highest BCUT2D eigenvalue weighted by Crippen LogP contribution is 2.38. The van der Waals surface area contributed by atoms with Crippen molar-refractivity contribution in [2.75, 3.05) is 6.61 Å². The van der Waals surface area contributed by atoms with Crippen molar-refractivity contribution >= 4 is 10.2 Å². The third kappa shape index (κ3) is 4.08. The van der Waals surface area contributed by atoms with E-state index in [0.29, 0.717) is 6.61 Å². The molecule has 3 atom stereocenters. The molecule has 30 heavy (non-hydrogen) atoms. The highest BCUT2D eigenvalue weighted by Gasteiger charge is 2.55. The van der Waals surface area contributed by atoms with E-state index >= 15 is 0 Å². The molecule has 160 valence electrons. The van der Waals surface area contributed by atoms with Gasteiger partial charge >= 0.3 is 0 Å². The van der Waals surface area contributed by atoms with Gasteiger partial charge in [-0.2, -0.15) is 17.0 Å². The van der Waals surface area contributed by atoms with Gasteiger partial charge in [0.1, 0.15) is 6.10 Å². The van der Waals surface area contributed by atoms with Crippen LogP contribution in [0.1, 0.15) is 25.0 Å². The molecular weight excluding hydrogens is 400 g/mol. The van der Waals surface area contributed by atoms with Gasteiger partial charge in [0.2, 0.25) is 0 Å². The lowest BCUT2D eigenvalue weighted by molar-refractivity contribution is -0.144. The van der Waals surface area contributed by atoms with Crippen LogP contribution >= 0.6 is 0 Å². The van der Waals surface area contributed by atoms with Gasteiger partial charge in [-0.1, -0.05) is 66.7 Å². The highest BCUT2D eigenvalue weighted by molar-refractivity contribution is 7.87. The summed E-state index contributed by atoms with van der Waals surface area (Å²) in [7, 11) is -3.75. The molecule has 6 nitrogen and oxygen atoms in total. The zero-order chi connectivity index (χ0) is 21.4. The van der Waals surface area contributed by atoms with Crippen LogP contribution in [0, 0.1) is 0 Å². The van der Waals surface area contributed by atoms with Gasteiger partial charge in [0, 0.05) is 13.1 Å². The molecule has 0 radical (unpaired) electrons. The third-order valence-corrected chi connectivity index (χ3v) is 7.55. The lowest BCUT2D eigenvalue weighted by Gasteiger charge is -2.29. The molecule has 0 unspecified atom stereocenters. The second-order valence-corrected chi connectivity index (χ2v) is 9.99. The predicted octanol–water partition coefficient (Wildman–Crippen LogP) is 3.32. The van der Waals surface area contributed by atoms with Gasteiger partial charge in [-0.3, -0.25) is 0 Å². The third-order valence-electron chi connectivity index (χ3n) is 5.62. The zero-order valence-electron chi connectivity index (χ0n) is 17.3. The molecule has 0 spiro atoms. The van der Waals surface area contributed by atoms with Crippen LogP contribution in [0.5, 0.6) is 0 Å². The van der Waals surface area contributed by atoms with Gasteiger partial charge in [0.05, 0.1) is 18.7 Å². The molecule has 2 aromatic carbocycles. The Morgan fingerprint density at radius 1 is 1.00 bits per heavy atom. The maximum absolute atomic E-state index is 13.7. The van der Waals surface area contributed by atoms with Gasteiger partial charge < -0.3 is 9.47 Å². The van der Waals surface area contributed by atoms with Crippen LogP contribution in [0.2, 0.25) is 0 Å². The first-order valence-electron chi connectivity index (χ1n) is 10.1. The summed E-state index contributed by atoms with van der Waals surface area (Å²) in [5.74, 6) is -0.745. The van der Waals surface area contributed by atoms with E-state index in [-0.39, 0.29) is 19.2 Å². The summed E-state index contributed by atoms with van der Waals surface area (Å²) in [6.45, 7) is 8.55. The van der Waals surface area contributed by atoms with Gasteiger partial charge in [-0.05, 0) is 25.0 Å². The molecule has 2 saturated heterocycles. The number of ether oxygens (including phenoxy) is 2. The van der Waals surface area contributed by atoms with Crippen molar-refractivity contribution in [1.29, 1.82) is 0 Å². The van der Waals surface area contributed by atoms with Crippen LogP contribution in [0.3, 0.4) is 0 Å². The van der Waals surface area contributed by atoms with Crippen molar-refractivity contribution in [3.63, 3.8) is 0 Å². The van der Waals surface area contributed by atoms with E-state index in [1.807, 2.05) is 74.5 Å². The monoisotopic (exact) mass is 428 g/mol. The molecule has 2 aliphatic rings. The standard InChI is InChI=1S/C23H28N2O4S/c1-4-20-22(21-17-28-23(2,3)29-21)25(16-19-13-9-6-10-14-19)30(26,27)24(20)15-18-11-7-5-8-12-18/h4-14,20-22H,1,15-17H2,2-3H3/t20-,21-,22+/m1/s1. The summed E-state index contributed by atoms with van der Waals surface area (Å²) < 4.78 is 42.4. The van der Waals surface area contributed by atoms with Crippen molar-refractivity contribution in [1.82, 2.24) is 8.61 Å². The minimum Gasteiger partial charge on any atom is -0.348 e. The Morgan fingerprint density at radius 2 is 1.53 bits per heavy atom. The van der Waals surface area contributed by atoms with E-state index in [1.165, 1.54) is 4.31 Å². The molecule has 2 aliphatic heterocycles. The predicted molar refractivity (Wildman–Crippen MR) is 116 cm³/mol. The Kier molecular flexibility index (Phi) is 5.83. The molecule has 0 aliphatic carbocycles. The van der Waals surface area contributed by atoms with E-state index in [9.17, 15) is 8.42 Å². The fourth-order valence-corrected chi connectivity index (χ4v) is 6.21. The minimum absolute atomic E-state index is 0.268. The molecule has 0 bridgehead atoms. The largest absolute Gasteiger partial charge is 0.348 e. The summed E-state index contributed by atoms with van der Waals surface area (Å²) in [5.41, 5.74) is 1.85. The number of rotatable bonds is 6. The fourth-order valence-electron chi connectivity index (χ4n) is 4.23. The average Bonchev–Trinajstić information content (AvgIpc) is 3.18. The highest BCUT2D eigenvalue weighted by atomic mass is 32.2. The second kappa shape index (κ2) is 8.24. The van der Waals surface area contributed by atoms with Crippen LogP contribution in [-0.4, -0.2) is 47.6 Å². The summed E-state index contributed by atoms with van der Waals surface area (Å²) in [6.07, 6.45) is 1.33. The van der Waals surface area contributed by atoms with Crippen molar-refractivity contribution in [2.45, 2.75) is 50.9 Å². The molecule has 2 heterocycles. The van der Waals surface area contributed by atoms with Crippen molar-refractivity contribution in [3.8, 4) is 0 Å². The molecule has 2 aromatic rings. The van der Waals surface area contributed by atoms with E-state index in [1.54, 1.807) is 10.4 Å². The van der Waals surface area contributed by atoms with Crippen LogP contribution in [0.15, 0.2) is 73.3 Å². The number of hydrogen-bond donors (Lipinski definition) is 0. The van der Waals surface area contributed by atoms with E-state index in [0.717, 1.165) is 11.1 Å². The molecule has 0 saturated carbocycles. The smallest absolute Gasteiger partial charge is 0.283 e. The summed E-state index contributed by atoms with van der Waals surface area (Å²) >= 11 is 0. The molecule has 4 rings (SSSR count). The van der Waals surface area contributed by atoms with Gasteiger partial charge in [-0.25, -0.2) is 0 Å². The molecule has 0 N–H and O–H groups in total. The summed E-state index contributed by atoms with van der Waals surface area (Å²) in [4.78, 5) is 0. The number of benzene rings is 2. The molecule has 0 aromatic heterocycles. The second-order valence-electron chi connectivity index (χ2n) is 8.15. The topological polar surface area (TPSA) is 59.1 Å². The first-order valence-corrected chi connectivity index (χ1v) is 11.5. The normalized spacial score (nSPS) is 28.5. The fraction of sp³-hybridized carbons (Fsp3) is 0.391. The van der Waals surface area contributed by atoms with Crippen LogP contribution in [0.25, 0.3) is 0 Å². The van der Waals surface area contributed by atoms with Gasteiger partial charge in [0.25, 0.3) is 10.2 Å². The Hall–Kier alpha value is -2.03. The number of nitrogens with zero attached hydrogens (tertiary/aromatic N) is 2. The maximum Gasteiger partial charge on any atom is 0.283 e. The van der Waals surface area contributed by atoms with E-state index < -0.39 is 28.1 Å². The van der Waals surface area contributed by atoms with Gasteiger partial charge in [-0.15, -0.1) is 6.58 Å². The lowest BCUT2D eigenvalue weighted by Crippen LogP contribution is -2.47. The van der Waals surface area contributed by atoms with Crippen LogP contribution in [-0.2, 0) is 32.8 Å². The Labute approximate surface area is 178 Å². The Morgan fingerprint density at radius 3 is 2.00 bits per heavy atom. The van der Waals surface area contributed by atoms with E-state index in [2.05, 4.69) is 6.58 Å². The van der Waals surface area contributed by atoms with Crippen molar-refractivity contribution in [3.05, 3.63) is 84.4 Å².